The maximum atomic E-state index is 12.9. The van der Waals surface area contributed by atoms with Crippen molar-refractivity contribution in [1.82, 2.24) is 15.1 Å². The molecule has 1 N–H and O–H groups in total. The van der Waals surface area contributed by atoms with E-state index >= 15 is 0 Å². The number of hydrogen-bond acceptors (Lipinski definition) is 4. The van der Waals surface area contributed by atoms with Gasteiger partial charge in [0.15, 0.2) is 0 Å². The van der Waals surface area contributed by atoms with Gasteiger partial charge in [-0.25, -0.2) is 0 Å². The fourth-order valence-corrected chi connectivity index (χ4v) is 3.48. The molecule has 0 radical (unpaired) electrons. The average molecular weight is 343 g/mol. The predicted molar refractivity (Wildman–Crippen MR) is 101 cm³/mol. The van der Waals surface area contributed by atoms with Gasteiger partial charge in [0.05, 0.1) is 5.56 Å². The topological polar surface area (TPSA) is 48.7 Å². The fraction of sp³-hybridized carbons (Fsp3) is 0.550. The summed E-state index contributed by atoms with van der Waals surface area (Å²) in [7, 11) is 4.26. The lowest BCUT2D eigenvalue weighted by atomic mass is 10.1. The molecule has 1 atom stereocenters. The van der Waals surface area contributed by atoms with Crippen molar-refractivity contribution in [1.29, 1.82) is 0 Å². The Kier molecular flexibility index (Phi) is 5.76. The van der Waals surface area contributed by atoms with E-state index in [1.165, 1.54) is 0 Å². The van der Waals surface area contributed by atoms with Crippen LogP contribution in [-0.4, -0.2) is 62.0 Å². The van der Waals surface area contributed by atoms with E-state index in [0.717, 1.165) is 61.2 Å². The first-order valence-corrected chi connectivity index (χ1v) is 9.27. The van der Waals surface area contributed by atoms with E-state index in [0.29, 0.717) is 12.6 Å². The van der Waals surface area contributed by atoms with Gasteiger partial charge in [0.2, 0.25) is 0 Å². The highest BCUT2D eigenvalue weighted by molar-refractivity contribution is 6.07. The van der Waals surface area contributed by atoms with Crippen LogP contribution in [0.25, 0.3) is 11.0 Å². The second-order valence-electron chi connectivity index (χ2n) is 7.11. The van der Waals surface area contributed by atoms with Crippen molar-refractivity contribution >= 4 is 16.9 Å². The van der Waals surface area contributed by atoms with Gasteiger partial charge in [-0.05, 0) is 26.6 Å². The van der Waals surface area contributed by atoms with E-state index in [4.69, 9.17) is 4.42 Å². The van der Waals surface area contributed by atoms with E-state index < -0.39 is 0 Å². The van der Waals surface area contributed by atoms with Crippen LogP contribution in [-0.2, 0) is 6.42 Å². The molecular weight excluding hydrogens is 314 g/mol. The summed E-state index contributed by atoms with van der Waals surface area (Å²) in [5.41, 5.74) is 1.52. The number of rotatable bonds is 6. The molecule has 2 aromatic rings. The van der Waals surface area contributed by atoms with E-state index in [-0.39, 0.29) is 5.91 Å². The van der Waals surface area contributed by atoms with Crippen LogP contribution in [0.5, 0.6) is 0 Å². The number of unbranched alkanes of at least 4 members (excludes halogenated alkanes) is 1. The molecule has 5 nitrogen and oxygen atoms in total. The summed E-state index contributed by atoms with van der Waals surface area (Å²) in [6, 6.07) is 8.17. The van der Waals surface area contributed by atoms with Gasteiger partial charge in [0, 0.05) is 44.0 Å². The Bertz CT molecular complexity index is 725. The van der Waals surface area contributed by atoms with Gasteiger partial charge in [0.1, 0.15) is 11.3 Å². The number of carbonyl (C=O) groups excluding carboxylic acids is 1. The van der Waals surface area contributed by atoms with Gasteiger partial charge in [-0.2, -0.15) is 0 Å². The summed E-state index contributed by atoms with van der Waals surface area (Å²) in [6.07, 6.45) is 2.91. The van der Waals surface area contributed by atoms with Crippen LogP contribution in [0.2, 0.25) is 0 Å². The number of furan rings is 1. The molecule has 1 aromatic carbocycles. The number of fused-ring (bicyclic) bond motifs is 1. The summed E-state index contributed by atoms with van der Waals surface area (Å²) in [5.74, 6) is 0.798. The molecule has 136 valence electrons. The Morgan fingerprint density at radius 1 is 1.28 bits per heavy atom. The van der Waals surface area contributed by atoms with Crippen LogP contribution in [0.15, 0.2) is 28.7 Å². The summed E-state index contributed by atoms with van der Waals surface area (Å²) in [4.78, 5) is 17.6. The van der Waals surface area contributed by atoms with Crippen LogP contribution in [0.4, 0.5) is 0 Å². The van der Waals surface area contributed by atoms with Gasteiger partial charge < -0.3 is 14.6 Å². The monoisotopic (exact) mass is 343 g/mol. The normalized spacial score (nSPS) is 19.4. The number of nitrogens with zero attached hydrogens (tertiary/aromatic N) is 2. The van der Waals surface area contributed by atoms with Crippen molar-refractivity contribution in [3.8, 4) is 0 Å². The maximum absolute atomic E-state index is 12.9. The predicted octanol–water partition coefficient (Wildman–Crippen LogP) is 2.75. The lowest BCUT2D eigenvalue weighted by Gasteiger charge is -2.37. The molecule has 0 saturated carbocycles. The second kappa shape index (κ2) is 8.02. The third kappa shape index (κ3) is 4.05. The summed E-state index contributed by atoms with van der Waals surface area (Å²) in [5, 5.41) is 4.06. The maximum Gasteiger partial charge on any atom is 0.255 e. The summed E-state index contributed by atoms with van der Waals surface area (Å²) >= 11 is 0. The van der Waals surface area contributed by atoms with Gasteiger partial charge in [-0.1, -0.05) is 31.5 Å². The summed E-state index contributed by atoms with van der Waals surface area (Å²) < 4.78 is 5.97. The minimum atomic E-state index is -0.0160. The smallest absolute Gasteiger partial charge is 0.255 e. The highest BCUT2D eigenvalue weighted by Gasteiger charge is 2.25. The number of piperazine rings is 1. The quantitative estimate of drug-likeness (QED) is 0.876. The first-order chi connectivity index (χ1) is 12.1. The first-order valence-electron chi connectivity index (χ1n) is 9.27. The van der Waals surface area contributed by atoms with Gasteiger partial charge in [-0.3, -0.25) is 9.69 Å². The second-order valence-corrected chi connectivity index (χ2v) is 7.11. The van der Waals surface area contributed by atoms with E-state index in [2.05, 4.69) is 36.1 Å². The number of para-hydroxylation sites is 1. The van der Waals surface area contributed by atoms with Crippen molar-refractivity contribution < 1.29 is 9.21 Å². The Balaban J connectivity index is 1.76. The molecule has 1 aromatic heterocycles. The zero-order chi connectivity index (χ0) is 17.8. The molecule has 1 aliphatic rings. The molecule has 0 bridgehead atoms. The average Bonchev–Trinajstić information content (AvgIpc) is 2.98. The third-order valence-electron chi connectivity index (χ3n) is 5.13. The van der Waals surface area contributed by atoms with Crippen molar-refractivity contribution in [2.75, 3.05) is 40.3 Å². The lowest BCUT2D eigenvalue weighted by Crippen LogP contribution is -2.54. The number of benzene rings is 1. The first kappa shape index (κ1) is 18.0. The number of aryl methyl sites for hydroxylation is 1. The number of carbonyl (C=O) groups is 1. The molecular formula is C20H29N3O2. The highest BCUT2D eigenvalue weighted by atomic mass is 16.3. The molecule has 0 aliphatic carbocycles. The third-order valence-corrected chi connectivity index (χ3v) is 5.13. The van der Waals surface area contributed by atoms with E-state index in [1.807, 2.05) is 24.3 Å². The number of hydrogen-bond donors (Lipinski definition) is 1. The minimum Gasteiger partial charge on any atom is -0.460 e. The van der Waals surface area contributed by atoms with Gasteiger partial charge in [0.25, 0.3) is 5.91 Å². The molecule has 3 rings (SSSR count). The Morgan fingerprint density at radius 3 is 2.88 bits per heavy atom. The molecule has 1 fully saturated rings. The zero-order valence-corrected chi connectivity index (χ0v) is 15.5. The van der Waals surface area contributed by atoms with E-state index in [9.17, 15) is 4.79 Å². The van der Waals surface area contributed by atoms with Crippen molar-refractivity contribution in [3.05, 3.63) is 35.6 Å². The molecule has 0 spiro atoms. The molecule has 1 saturated heterocycles. The highest BCUT2D eigenvalue weighted by Crippen LogP contribution is 2.27. The standard InChI is InChI=1S/C20H29N3O2/c1-4-5-9-18-19(16-8-6-7-10-17(16)25-18)20(24)21-13-15-14-22(2)11-12-23(15)3/h6-8,10,15H,4-5,9,11-14H2,1-3H3,(H,21,24). The Morgan fingerprint density at radius 2 is 2.08 bits per heavy atom. The van der Waals surface area contributed by atoms with Crippen LogP contribution >= 0.6 is 0 Å². The van der Waals surface area contributed by atoms with Crippen LogP contribution in [0, 0.1) is 0 Å². The largest absolute Gasteiger partial charge is 0.460 e. The van der Waals surface area contributed by atoms with Crippen LogP contribution in [0.3, 0.4) is 0 Å². The molecule has 2 heterocycles. The SMILES string of the molecule is CCCCc1oc2ccccc2c1C(=O)NCC1CN(C)CCN1C. The van der Waals surface area contributed by atoms with Gasteiger partial charge >= 0.3 is 0 Å². The summed E-state index contributed by atoms with van der Waals surface area (Å²) in [6.45, 7) is 5.90. The van der Waals surface area contributed by atoms with Crippen LogP contribution < -0.4 is 5.32 Å². The molecule has 25 heavy (non-hydrogen) atoms. The lowest BCUT2D eigenvalue weighted by molar-refractivity contribution is 0.0880. The molecule has 1 amide bonds. The zero-order valence-electron chi connectivity index (χ0n) is 15.5. The number of amides is 1. The van der Waals surface area contributed by atoms with E-state index in [1.54, 1.807) is 0 Å². The van der Waals surface area contributed by atoms with Gasteiger partial charge in [-0.15, -0.1) is 0 Å². The Hall–Kier alpha value is -1.85. The molecule has 5 heteroatoms. The van der Waals surface area contributed by atoms with Crippen molar-refractivity contribution in [2.24, 2.45) is 0 Å². The Labute approximate surface area is 150 Å². The molecule has 1 unspecified atom stereocenters. The van der Waals surface area contributed by atoms with Crippen LogP contribution in [0.1, 0.15) is 35.9 Å². The number of likely N-dealkylation sites (N-methyl/N-ethyl adjacent to an activating group) is 2. The van der Waals surface area contributed by atoms with Crippen molar-refractivity contribution in [2.45, 2.75) is 32.2 Å². The molecule has 1 aliphatic heterocycles. The minimum absolute atomic E-state index is 0.0160. The van der Waals surface area contributed by atoms with Crippen molar-refractivity contribution in [3.63, 3.8) is 0 Å². The fourth-order valence-electron chi connectivity index (χ4n) is 3.48. The number of nitrogens with one attached hydrogen (secondary N) is 1.